The van der Waals surface area contributed by atoms with Gasteiger partial charge < -0.3 is 15.7 Å². The number of aryl methyl sites for hydroxylation is 1. The van der Waals surface area contributed by atoms with E-state index in [4.69, 9.17) is 0 Å². The summed E-state index contributed by atoms with van der Waals surface area (Å²) in [6.45, 7) is 0.443. The molecule has 0 radical (unpaired) electrons. The van der Waals surface area contributed by atoms with Crippen LogP contribution in [0.4, 0.5) is 24.9 Å². The molecule has 0 bridgehead atoms. The van der Waals surface area contributed by atoms with E-state index in [2.05, 4.69) is 25.6 Å². The SMILES string of the molecule is Cc1nc(NCC(F)(F)F)nc(NC2CCC(C(=O)O)C2)c1-c1nc2ccccc2s1. The minimum Gasteiger partial charge on any atom is -0.481 e. The number of hydrogen-bond acceptors (Lipinski definition) is 7. The third-order valence-electron chi connectivity index (χ3n) is 5.17. The highest BCUT2D eigenvalue weighted by molar-refractivity contribution is 7.21. The van der Waals surface area contributed by atoms with Crippen molar-refractivity contribution in [2.24, 2.45) is 5.92 Å². The fourth-order valence-electron chi connectivity index (χ4n) is 3.70. The standard InChI is InChI=1S/C20H20F3N5O2S/c1-10-15(17-27-13-4-2-3-5-14(13)31-17)16(26-12-7-6-11(8-12)18(29)30)28-19(25-10)24-9-20(21,22)23/h2-5,11-12H,6-9H2,1H3,(H,29,30)(H2,24,25,26,28). The van der Waals surface area contributed by atoms with E-state index in [0.717, 1.165) is 10.2 Å². The number of carboxylic acids is 1. The van der Waals surface area contributed by atoms with Crippen LogP contribution in [0.25, 0.3) is 20.8 Å². The maximum Gasteiger partial charge on any atom is 0.405 e. The van der Waals surface area contributed by atoms with Gasteiger partial charge in [0.2, 0.25) is 5.95 Å². The summed E-state index contributed by atoms with van der Waals surface area (Å²) in [7, 11) is 0. The summed E-state index contributed by atoms with van der Waals surface area (Å²) in [6, 6.07) is 7.45. The molecule has 2 heterocycles. The topological polar surface area (TPSA) is 100 Å². The van der Waals surface area contributed by atoms with E-state index in [1.54, 1.807) is 6.92 Å². The van der Waals surface area contributed by atoms with Gasteiger partial charge in [-0.2, -0.15) is 18.2 Å². The first-order valence-electron chi connectivity index (χ1n) is 9.74. The highest BCUT2D eigenvalue weighted by Gasteiger charge is 2.31. The molecule has 31 heavy (non-hydrogen) atoms. The molecule has 0 amide bonds. The summed E-state index contributed by atoms with van der Waals surface area (Å²) < 4.78 is 38.9. The average Bonchev–Trinajstić information content (AvgIpc) is 3.32. The van der Waals surface area contributed by atoms with Gasteiger partial charge in [0.05, 0.1) is 27.4 Å². The Morgan fingerprint density at radius 3 is 2.68 bits per heavy atom. The number of nitrogens with one attached hydrogen (secondary N) is 2. The van der Waals surface area contributed by atoms with E-state index < -0.39 is 24.6 Å². The fourth-order valence-corrected chi connectivity index (χ4v) is 4.76. The van der Waals surface area contributed by atoms with Crippen molar-refractivity contribution in [1.29, 1.82) is 0 Å². The lowest BCUT2D eigenvalue weighted by atomic mass is 10.1. The first-order valence-corrected chi connectivity index (χ1v) is 10.6. The van der Waals surface area contributed by atoms with Crippen molar-refractivity contribution in [3.05, 3.63) is 30.0 Å². The molecule has 1 aliphatic carbocycles. The molecule has 2 aromatic heterocycles. The molecule has 1 saturated carbocycles. The Morgan fingerprint density at radius 2 is 2.00 bits per heavy atom. The van der Waals surface area contributed by atoms with Crippen molar-refractivity contribution in [3.8, 4) is 10.6 Å². The van der Waals surface area contributed by atoms with Crippen molar-refractivity contribution in [1.82, 2.24) is 15.0 Å². The van der Waals surface area contributed by atoms with Crippen LogP contribution in [0.1, 0.15) is 25.0 Å². The molecular weight excluding hydrogens is 431 g/mol. The number of aliphatic carboxylic acids is 1. The minimum absolute atomic E-state index is 0.144. The summed E-state index contributed by atoms with van der Waals surface area (Å²) >= 11 is 1.44. The molecule has 11 heteroatoms. The van der Waals surface area contributed by atoms with E-state index >= 15 is 0 Å². The number of thiazole rings is 1. The van der Waals surface area contributed by atoms with Crippen LogP contribution in [-0.4, -0.2) is 44.8 Å². The first kappa shape index (κ1) is 21.3. The molecule has 1 aliphatic rings. The number of halogens is 3. The number of carbonyl (C=O) groups is 1. The van der Waals surface area contributed by atoms with Gasteiger partial charge in [-0.1, -0.05) is 12.1 Å². The first-order chi connectivity index (χ1) is 14.7. The minimum atomic E-state index is -4.41. The highest BCUT2D eigenvalue weighted by atomic mass is 32.1. The smallest absolute Gasteiger partial charge is 0.405 e. The number of hydrogen-bond donors (Lipinski definition) is 3. The second kappa shape index (κ2) is 8.29. The van der Waals surface area contributed by atoms with Crippen LogP contribution in [0, 0.1) is 12.8 Å². The molecule has 0 saturated heterocycles. The van der Waals surface area contributed by atoms with Crippen LogP contribution in [0.2, 0.25) is 0 Å². The van der Waals surface area contributed by atoms with E-state index in [-0.39, 0.29) is 12.0 Å². The lowest BCUT2D eigenvalue weighted by Gasteiger charge is -2.18. The summed E-state index contributed by atoms with van der Waals surface area (Å²) in [5, 5.41) is 15.4. The maximum absolute atomic E-state index is 12.7. The molecule has 7 nitrogen and oxygen atoms in total. The maximum atomic E-state index is 12.7. The van der Waals surface area contributed by atoms with Crippen molar-refractivity contribution in [3.63, 3.8) is 0 Å². The van der Waals surface area contributed by atoms with Crippen LogP contribution in [0.5, 0.6) is 0 Å². The number of benzene rings is 1. The van der Waals surface area contributed by atoms with Crippen molar-refractivity contribution >= 4 is 39.3 Å². The number of para-hydroxylation sites is 1. The number of alkyl halides is 3. The van der Waals surface area contributed by atoms with Gasteiger partial charge in [-0.25, -0.2) is 9.97 Å². The van der Waals surface area contributed by atoms with Gasteiger partial charge in [0, 0.05) is 6.04 Å². The van der Waals surface area contributed by atoms with Crippen molar-refractivity contribution in [2.45, 2.75) is 38.4 Å². The van der Waals surface area contributed by atoms with Crippen LogP contribution < -0.4 is 10.6 Å². The Bertz CT molecular complexity index is 1080. The molecule has 2 atom stereocenters. The number of anilines is 2. The number of fused-ring (bicyclic) bond motifs is 1. The van der Waals surface area contributed by atoms with Crippen molar-refractivity contribution in [2.75, 3.05) is 17.2 Å². The summed E-state index contributed by atoms with van der Waals surface area (Å²) in [6.07, 6.45) is -2.82. The van der Waals surface area contributed by atoms with Gasteiger partial charge >= 0.3 is 12.1 Å². The van der Waals surface area contributed by atoms with Crippen LogP contribution in [-0.2, 0) is 4.79 Å². The molecule has 164 valence electrons. The third kappa shape index (κ3) is 4.87. The predicted molar refractivity (Wildman–Crippen MR) is 112 cm³/mol. The van der Waals surface area contributed by atoms with Gasteiger partial charge in [0.15, 0.2) is 0 Å². The van der Waals surface area contributed by atoms with Gasteiger partial charge in [-0.3, -0.25) is 4.79 Å². The summed E-state index contributed by atoms with van der Waals surface area (Å²) in [4.78, 5) is 24.5. The number of aromatic nitrogens is 3. The molecule has 3 N–H and O–H groups in total. The van der Waals surface area contributed by atoms with Gasteiger partial charge in [-0.15, -0.1) is 11.3 Å². The quantitative estimate of drug-likeness (QED) is 0.499. The molecule has 2 unspecified atom stereocenters. The van der Waals surface area contributed by atoms with E-state index in [1.165, 1.54) is 11.3 Å². The van der Waals surface area contributed by atoms with E-state index in [0.29, 0.717) is 41.3 Å². The second-order valence-corrected chi connectivity index (χ2v) is 8.53. The lowest BCUT2D eigenvalue weighted by molar-refractivity contribution is -0.141. The van der Waals surface area contributed by atoms with E-state index in [9.17, 15) is 23.1 Å². The Kier molecular flexibility index (Phi) is 5.69. The Morgan fingerprint density at radius 1 is 1.23 bits per heavy atom. The monoisotopic (exact) mass is 451 g/mol. The molecule has 0 aliphatic heterocycles. The zero-order valence-electron chi connectivity index (χ0n) is 16.5. The van der Waals surface area contributed by atoms with Crippen LogP contribution >= 0.6 is 11.3 Å². The predicted octanol–water partition coefficient (Wildman–Crippen LogP) is 4.70. The third-order valence-corrected chi connectivity index (χ3v) is 6.22. The highest BCUT2D eigenvalue weighted by Crippen LogP contribution is 2.38. The normalized spacial score (nSPS) is 19.0. The summed E-state index contributed by atoms with van der Waals surface area (Å²) in [5.74, 6) is -1.08. The summed E-state index contributed by atoms with van der Waals surface area (Å²) in [5.41, 5.74) is 1.89. The molecular formula is C20H20F3N5O2S. The number of nitrogens with zero attached hydrogens (tertiary/aromatic N) is 3. The number of carboxylic acid groups (broad SMARTS) is 1. The zero-order valence-corrected chi connectivity index (χ0v) is 17.3. The molecule has 0 spiro atoms. The molecule has 1 fully saturated rings. The van der Waals surface area contributed by atoms with Crippen LogP contribution in [0.15, 0.2) is 24.3 Å². The average molecular weight is 451 g/mol. The van der Waals surface area contributed by atoms with Crippen LogP contribution in [0.3, 0.4) is 0 Å². The number of rotatable bonds is 6. The zero-order chi connectivity index (χ0) is 22.2. The Hall–Kier alpha value is -2.95. The van der Waals surface area contributed by atoms with Gasteiger partial charge in [0.25, 0.3) is 0 Å². The Balaban J connectivity index is 1.71. The Labute approximate surface area is 179 Å². The second-order valence-electron chi connectivity index (χ2n) is 7.50. The van der Waals surface area contributed by atoms with Crippen molar-refractivity contribution < 1.29 is 23.1 Å². The fraction of sp³-hybridized carbons (Fsp3) is 0.400. The lowest BCUT2D eigenvalue weighted by Crippen LogP contribution is -2.24. The van der Waals surface area contributed by atoms with Gasteiger partial charge in [0.1, 0.15) is 17.4 Å². The molecule has 3 aromatic rings. The largest absolute Gasteiger partial charge is 0.481 e. The molecule has 4 rings (SSSR count). The van der Waals surface area contributed by atoms with E-state index in [1.807, 2.05) is 24.3 Å². The van der Waals surface area contributed by atoms with Gasteiger partial charge in [-0.05, 0) is 38.3 Å². The molecule has 1 aromatic carbocycles.